The number of amides is 1. The second kappa shape index (κ2) is 14.1. The molecule has 0 aromatic heterocycles. The van der Waals surface area contributed by atoms with Gasteiger partial charge in [-0.1, -0.05) is 29.8 Å². The van der Waals surface area contributed by atoms with Crippen molar-refractivity contribution in [3.8, 4) is 0 Å². The quantitative estimate of drug-likeness (QED) is 0.192. The minimum atomic E-state index is -3.67. The van der Waals surface area contributed by atoms with Crippen molar-refractivity contribution in [3.05, 3.63) is 65.8 Å². The van der Waals surface area contributed by atoms with Crippen LogP contribution in [0.5, 0.6) is 0 Å². The van der Waals surface area contributed by atoms with Crippen molar-refractivity contribution in [1.82, 2.24) is 5.32 Å². The number of hydrogen-bond donors (Lipinski definition) is 1. The molecular formula is C21H25BF4INO3. The van der Waals surface area contributed by atoms with E-state index in [1.807, 2.05) is 12.1 Å². The number of nitrogens with one attached hydrogen (secondary N) is 1. The van der Waals surface area contributed by atoms with Gasteiger partial charge < -0.3 is 14.8 Å². The van der Waals surface area contributed by atoms with Gasteiger partial charge in [-0.2, -0.15) is 0 Å². The van der Waals surface area contributed by atoms with Crippen molar-refractivity contribution in [2.45, 2.75) is 40.2 Å². The lowest BCUT2D eigenvalue weighted by molar-refractivity contribution is -0.598. The predicted molar refractivity (Wildman–Crippen MR) is 107 cm³/mol. The predicted octanol–water partition coefficient (Wildman–Crippen LogP) is -2.16. The number of halogens is 5. The Labute approximate surface area is 190 Å². The first-order chi connectivity index (χ1) is 14.0. The number of aryl methyl sites for hydroxylation is 3. The van der Waals surface area contributed by atoms with Crippen LogP contribution in [0.1, 0.15) is 29.2 Å². The summed E-state index contributed by atoms with van der Waals surface area (Å²) in [5.41, 5.74) is 5.01. The molecule has 0 saturated heterocycles. The third kappa shape index (κ3) is 10.7. The second-order valence-corrected chi connectivity index (χ2v) is 9.53. The van der Waals surface area contributed by atoms with E-state index in [9.17, 15) is 22.5 Å². The first-order valence-electron chi connectivity index (χ1n) is 9.12. The Kier molecular flexibility index (Phi) is 13.1. The zero-order chi connectivity index (χ0) is 22.8. The lowest BCUT2D eigenvalue weighted by Crippen LogP contribution is -3.62. The summed E-state index contributed by atoms with van der Waals surface area (Å²) < 4.78 is 36.6. The lowest BCUT2D eigenvalue weighted by Gasteiger charge is -2.15. The highest BCUT2D eigenvalue weighted by Gasteiger charge is 2.23. The van der Waals surface area contributed by atoms with E-state index in [1.165, 1.54) is 37.9 Å². The Hall–Kier alpha value is -2.11. The van der Waals surface area contributed by atoms with Crippen molar-refractivity contribution in [2.75, 3.05) is 7.11 Å². The summed E-state index contributed by atoms with van der Waals surface area (Å²) in [5.74, 6) is -0.671. The largest absolute Gasteiger partial charge is 1.00 e. The Morgan fingerprint density at radius 1 is 1.06 bits per heavy atom. The fraction of sp³-hybridized carbons (Fsp3) is 0.333. The first-order valence-corrected chi connectivity index (χ1v) is 11.3. The molecule has 1 amide bonds. The van der Waals surface area contributed by atoms with Crippen LogP contribution >= 0.6 is 0 Å². The van der Waals surface area contributed by atoms with Crippen LogP contribution in [0.4, 0.5) is 12.9 Å². The van der Waals surface area contributed by atoms with E-state index < -0.39 is 19.6 Å². The third-order valence-corrected chi connectivity index (χ3v) is 7.58. The van der Waals surface area contributed by atoms with Gasteiger partial charge in [-0.25, -0.2) is 4.79 Å². The smallest absolute Gasteiger partial charge is 0.762 e. The van der Waals surface area contributed by atoms with Crippen LogP contribution in [0.2, 0.25) is 0 Å². The molecule has 170 valence electrons. The zero-order valence-corrected chi connectivity index (χ0v) is 20.1. The third-order valence-electron chi connectivity index (χ3n) is 4.00. The number of methoxy groups -OCH3 is 1. The lowest BCUT2D eigenvalue weighted by atomic mass is 10.1. The molecule has 0 heterocycles. The number of benzene rings is 2. The van der Waals surface area contributed by atoms with Crippen molar-refractivity contribution in [1.29, 1.82) is 0 Å². The average Bonchev–Trinajstić information content (AvgIpc) is 2.64. The molecule has 0 unspecified atom stereocenters. The normalized spacial score (nSPS) is 10.7. The molecule has 0 bridgehead atoms. The SMILES string of the molecule is COC(=O)[C@H](Cc1ccc([I+]c2c(C)cc(C)cc2C)cc1)NC(C)=O.FB(F)F.[F-]. The van der Waals surface area contributed by atoms with E-state index in [-0.39, 0.29) is 31.8 Å². The van der Waals surface area contributed by atoms with Gasteiger partial charge in [-0.15, -0.1) is 0 Å². The van der Waals surface area contributed by atoms with Gasteiger partial charge in [0.25, 0.3) is 0 Å². The fourth-order valence-electron chi connectivity index (χ4n) is 2.92. The van der Waals surface area contributed by atoms with Gasteiger partial charge in [0.05, 0.1) is 7.11 Å². The number of carbonyl (C=O) groups excluding carboxylic acids is 2. The van der Waals surface area contributed by atoms with Crippen molar-refractivity contribution in [2.24, 2.45) is 0 Å². The number of hydrogen-bond acceptors (Lipinski definition) is 3. The summed E-state index contributed by atoms with van der Waals surface area (Å²) in [7, 11) is -2.34. The summed E-state index contributed by atoms with van der Waals surface area (Å²) in [6.45, 7) is 7.88. The van der Waals surface area contributed by atoms with E-state index in [0.29, 0.717) is 6.42 Å². The molecule has 31 heavy (non-hydrogen) atoms. The highest BCUT2D eigenvalue weighted by molar-refractivity contribution is 6.33. The molecule has 0 radical (unpaired) electrons. The number of rotatable bonds is 6. The van der Waals surface area contributed by atoms with Crippen LogP contribution < -0.4 is 31.2 Å². The average molecular weight is 553 g/mol. The van der Waals surface area contributed by atoms with Crippen molar-refractivity contribution in [3.63, 3.8) is 0 Å². The summed E-state index contributed by atoms with van der Waals surface area (Å²) in [6, 6.07) is 12.2. The second-order valence-electron chi connectivity index (χ2n) is 6.66. The molecule has 0 saturated carbocycles. The number of carbonyl (C=O) groups is 2. The minimum Gasteiger partial charge on any atom is -1.00 e. The summed E-state index contributed by atoms with van der Waals surface area (Å²) >= 11 is -0.253. The topological polar surface area (TPSA) is 55.4 Å². The standard InChI is InChI=1S/C21H24INO3.BF3.FH/c1-13-10-14(2)20(15(3)11-13)22-18-8-6-17(7-9-18)12-19(21(25)26-5)23-16(4)24;2-1(3)4;/h6-11,19H,12H2,1-5H3;;1H/t19-;;/m0../s1. The van der Waals surface area contributed by atoms with Crippen LogP contribution in [0, 0.1) is 27.9 Å². The zero-order valence-electron chi connectivity index (χ0n) is 17.9. The van der Waals surface area contributed by atoms with E-state index in [4.69, 9.17) is 4.74 Å². The Morgan fingerprint density at radius 3 is 1.97 bits per heavy atom. The molecule has 2 aromatic rings. The van der Waals surface area contributed by atoms with Crippen LogP contribution in [-0.2, 0) is 20.7 Å². The van der Waals surface area contributed by atoms with Crippen LogP contribution in [-0.4, -0.2) is 32.6 Å². The minimum absolute atomic E-state index is 0. The Morgan fingerprint density at radius 2 is 1.55 bits per heavy atom. The van der Waals surface area contributed by atoms with Crippen molar-refractivity contribution < 1.29 is 53.2 Å². The Balaban J connectivity index is 0.00000165. The molecular weight excluding hydrogens is 528 g/mol. The van der Waals surface area contributed by atoms with Crippen LogP contribution in [0.15, 0.2) is 36.4 Å². The van der Waals surface area contributed by atoms with E-state index >= 15 is 0 Å². The molecule has 0 spiro atoms. The monoisotopic (exact) mass is 553 g/mol. The molecule has 2 aromatic carbocycles. The van der Waals surface area contributed by atoms with Gasteiger partial charge in [-0.3, -0.25) is 17.7 Å². The Bertz CT molecular complexity index is 840. The molecule has 2 rings (SSSR count). The molecule has 1 N–H and O–H groups in total. The van der Waals surface area contributed by atoms with Gasteiger partial charge in [0.1, 0.15) is 6.04 Å². The molecule has 4 nitrogen and oxygen atoms in total. The molecule has 0 aliphatic heterocycles. The molecule has 0 aliphatic rings. The molecule has 0 aliphatic carbocycles. The summed E-state index contributed by atoms with van der Waals surface area (Å²) in [6.07, 6.45) is 0.424. The van der Waals surface area contributed by atoms with Crippen molar-refractivity contribution >= 4 is 19.4 Å². The maximum Gasteiger partial charge on any atom is 0.762 e. The molecule has 10 heteroatoms. The van der Waals surface area contributed by atoms with Crippen LogP contribution in [0.3, 0.4) is 0 Å². The molecule has 0 fully saturated rings. The van der Waals surface area contributed by atoms with Gasteiger partial charge in [0.2, 0.25) is 5.91 Å². The van der Waals surface area contributed by atoms with Gasteiger partial charge in [0, 0.05) is 24.5 Å². The van der Waals surface area contributed by atoms with E-state index in [1.54, 1.807) is 0 Å². The number of ether oxygens (including phenoxy) is 1. The van der Waals surface area contributed by atoms with E-state index in [2.05, 4.69) is 50.4 Å². The van der Waals surface area contributed by atoms with E-state index in [0.717, 1.165) is 5.56 Å². The van der Waals surface area contributed by atoms with Crippen LogP contribution in [0.25, 0.3) is 0 Å². The molecule has 1 atom stereocenters. The number of esters is 1. The maximum absolute atomic E-state index is 11.8. The summed E-state index contributed by atoms with van der Waals surface area (Å²) in [5, 5.41) is 2.65. The highest BCUT2D eigenvalue weighted by Crippen LogP contribution is 2.08. The van der Waals surface area contributed by atoms with Gasteiger partial charge in [-0.05, 0) is 38.5 Å². The van der Waals surface area contributed by atoms with Gasteiger partial charge in [0.15, 0.2) is 7.14 Å². The fourth-order valence-corrected chi connectivity index (χ4v) is 5.42. The summed E-state index contributed by atoms with van der Waals surface area (Å²) in [4.78, 5) is 23.1. The van der Waals surface area contributed by atoms with Gasteiger partial charge >= 0.3 is 34.7 Å². The first kappa shape index (κ1) is 28.9. The highest BCUT2D eigenvalue weighted by atomic mass is 127. The maximum atomic E-state index is 11.8.